The summed E-state index contributed by atoms with van der Waals surface area (Å²) in [6.45, 7) is 0.672. The fourth-order valence-corrected chi connectivity index (χ4v) is 4.78. The molecule has 232 valence electrons. The number of nitrogens with zero attached hydrogens (tertiary/aromatic N) is 2. The highest BCUT2D eigenvalue weighted by atomic mass is 16.5. The summed E-state index contributed by atoms with van der Waals surface area (Å²) in [4.78, 5) is 56.8. The number of hydrogen-bond acceptors (Lipinski definition) is 7. The summed E-state index contributed by atoms with van der Waals surface area (Å²) in [5.74, 6) is -0.517. The summed E-state index contributed by atoms with van der Waals surface area (Å²) < 4.78 is 17.0. The third-order valence-electron chi connectivity index (χ3n) is 7.23. The molecule has 11 heteroatoms. The molecular formula is C33H38N4O7. The number of carbonyl (C=O) groups is 4. The minimum Gasteiger partial charge on any atom is -0.493 e. The molecule has 3 aromatic carbocycles. The van der Waals surface area contributed by atoms with Crippen LogP contribution in [0.25, 0.3) is 0 Å². The van der Waals surface area contributed by atoms with E-state index in [0.717, 1.165) is 5.56 Å². The maximum atomic E-state index is 13.6. The van der Waals surface area contributed by atoms with Gasteiger partial charge in [-0.2, -0.15) is 0 Å². The molecule has 1 aliphatic rings. The van der Waals surface area contributed by atoms with E-state index in [1.54, 1.807) is 50.5 Å². The van der Waals surface area contributed by atoms with E-state index >= 15 is 0 Å². The first-order valence-corrected chi connectivity index (χ1v) is 14.4. The van der Waals surface area contributed by atoms with Crippen LogP contribution in [0.2, 0.25) is 0 Å². The van der Waals surface area contributed by atoms with Gasteiger partial charge in [-0.25, -0.2) is 0 Å². The first-order valence-electron chi connectivity index (χ1n) is 14.4. The normalized spacial score (nSPS) is 17.7. The number of hydrogen-bond donors (Lipinski definition) is 2. The topological polar surface area (TPSA) is 127 Å². The fourth-order valence-electron chi connectivity index (χ4n) is 4.78. The van der Waals surface area contributed by atoms with E-state index < -0.39 is 29.8 Å². The van der Waals surface area contributed by atoms with Gasteiger partial charge in [0.1, 0.15) is 31.0 Å². The van der Waals surface area contributed by atoms with Crippen LogP contribution in [0.4, 0.5) is 0 Å². The predicted octanol–water partition coefficient (Wildman–Crippen LogP) is 2.30. The summed E-state index contributed by atoms with van der Waals surface area (Å²) in [5, 5.41) is 5.52. The smallest absolute Gasteiger partial charge is 0.255 e. The molecule has 3 aromatic rings. The van der Waals surface area contributed by atoms with Gasteiger partial charge < -0.3 is 34.6 Å². The van der Waals surface area contributed by atoms with Crippen LogP contribution in [0.15, 0.2) is 78.9 Å². The molecule has 0 radical (unpaired) electrons. The summed E-state index contributed by atoms with van der Waals surface area (Å²) in [5.41, 5.74) is 1.07. The van der Waals surface area contributed by atoms with E-state index in [2.05, 4.69) is 10.6 Å². The number of rotatable bonds is 8. The summed E-state index contributed by atoms with van der Waals surface area (Å²) in [6.07, 6.45) is -0.127. The van der Waals surface area contributed by atoms with Crippen molar-refractivity contribution < 1.29 is 33.4 Å². The summed E-state index contributed by atoms with van der Waals surface area (Å²) >= 11 is 0. The lowest BCUT2D eigenvalue weighted by Gasteiger charge is -2.28. The fraction of sp³-hybridized carbons (Fsp3) is 0.333. The third kappa shape index (κ3) is 8.50. The van der Waals surface area contributed by atoms with Gasteiger partial charge >= 0.3 is 0 Å². The van der Waals surface area contributed by atoms with E-state index in [-0.39, 0.29) is 50.6 Å². The Bertz CT molecular complexity index is 1450. The predicted molar refractivity (Wildman–Crippen MR) is 164 cm³/mol. The van der Waals surface area contributed by atoms with Crippen molar-refractivity contribution in [3.63, 3.8) is 0 Å². The molecule has 0 fully saturated rings. The van der Waals surface area contributed by atoms with E-state index in [9.17, 15) is 19.2 Å². The van der Waals surface area contributed by atoms with Crippen LogP contribution >= 0.6 is 0 Å². The average molecular weight is 603 g/mol. The average Bonchev–Trinajstić information content (AvgIpc) is 3.03. The van der Waals surface area contributed by atoms with Crippen LogP contribution in [0.1, 0.15) is 22.3 Å². The molecule has 0 spiro atoms. The lowest BCUT2D eigenvalue weighted by atomic mass is 10.0. The summed E-state index contributed by atoms with van der Waals surface area (Å²) in [7, 11) is 4.74. The minimum atomic E-state index is -1.22. The first kappa shape index (κ1) is 31.9. The standard InChI is InChI=1S/C33H38N4O7/c1-36-17-19-43-27-14-8-7-13-24(27)31(39)35-26(22-30(38)34-25(32(36)40)21-23-11-5-4-6-12-23)33(41)37(2)18-20-44-29-16-10-9-15-28(29)42-3/h4-16,25-26H,17-22H2,1-3H3,(H,34,38)(H,35,39)/t25-,26-/m0/s1. The second kappa shape index (κ2) is 15.4. The van der Waals surface area contributed by atoms with E-state index in [4.69, 9.17) is 14.2 Å². The van der Waals surface area contributed by atoms with Gasteiger partial charge in [-0.1, -0.05) is 54.6 Å². The molecule has 0 bridgehead atoms. The van der Waals surface area contributed by atoms with Crippen LogP contribution in [-0.4, -0.2) is 93.0 Å². The molecule has 0 unspecified atom stereocenters. The van der Waals surface area contributed by atoms with Gasteiger partial charge in [-0.15, -0.1) is 0 Å². The molecule has 1 aliphatic heterocycles. The molecule has 11 nitrogen and oxygen atoms in total. The highest BCUT2D eigenvalue weighted by Gasteiger charge is 2.31. The molecule has 2 N–H and O–H groups in total. The quantitative estimate of drug-likeness (QED) is 0.405. The Morgan fingerprint density at radius 2 is 1.64 bits per heavy atom. The van der Waals surface area contributed by atoms with Crippen LogP contribution < -0.4 is 24.8 Å². The Kier molecular flexibility index (Phi) is 11.2. The van der Waals surface area contributed by atoms with Crippen molar-refractivity contribution in [2.75, 3.05) is 47.5 Å². The maximum Gasteiger partial charge on any atom is 0.255 e. The van der Waals surface area contributed by atoms with Gasteiger partial charge in [-0.3, -0.25) is 19.2 Å². The van der Waals surface area contributed by atoms with Crippen molar-refractivity contribution >= 4 is 23.6 Å². The van der Waals surface area contributed by atoms with Crippen LogP contribution in [-0.2, 0) is 20.8 Å². The van der Waals surface area contributed by atoms with Crippen molar-refractivity contribution in [2.45, 2.75) is 24.9 Å². The van der Waals surface area contributed by atoms with Crippen molar-refractivity contribution in [1.29, 1.82) is 0 Å². The first-order chi connectivity index (χ1) is 21.3. The lowest BCUT2D eigenvalue weighted by Crippen LogP contribution is -2.53. The number of amides is 4. The number of benzene rings is 3. The number of carbonyl (C=O) groups excluding carboxylic acids is 4. The van der Waals surface area contributed by atoms with Crippen LogP contribution in [0, 0.1) is 0 Å². The molecule has 0 aliphatic carbocycles. The van der Waals surface area contributed by atoms with E-state index in [0.29, 0.717) is 17.2 Å². The Hall–Kier alpha value is -5.06. The van der Waals surface area contributed by atoms with Gasteiger partial charge in [0.25, 0.3) is 5.91 Å². The molecule has 0 aromatic heterocycles. The Morgan fingerprint density at radius 1 is 0.955 bits per heavy atom. The number of fused-ring (bicyclic) bond motifs is 1. The SMILES string of the molecule is COc1ccccc1OCCN(C)C(=O)[C@@H]1CC(=O)N[C@@H](Cc2ccccc2)C(=O)N(C)CCOc2ccccc2C(=O)N1. The van der Waals surface area contributed by atoms with Gasteiger partial charge in [-0.05, 0) is 29.8 Å². The van der Waals surface area contributed by atoms with Crippen molar-refractivity contribution in [2.24, 2.45) is 0 Å². The van der Waals surface area contributed by atoms with Crippen LogP contribution in [0.5, 0.6) is 17.2 Å². The summed E-state index contributed by atoms with van der Waals surface area (Å²) in [6, 6.07) is 21.0. The van der Waals surface area contributed by atoms with E-state index in [1.165, 1.54) is 16.9 Å². The Labute approximate surface area is 257 Å². The molecule has 1 heterocycles. The van der Waals surface area contributed by atoms with Gasteiger partial charge in [0.15, 0.2) is 11.5 Å². The number of para-hydroxylation sites is 3. The second-order valence-corrected chi connectivity index (χ2v) is 10.4. The van der Waals surface area contributed by atoms with Gasteiger partial charge in [0.05, 0.1) is 32.2 Å². The lowest BCUT2D eigenvalue weighted by molar-refractivity contribution is -0.137. The van der Waals surface area contributed by atoms with Crippen molar-refractivity contribution in [3.05, 3.63) is 90.0 Å². The molecule has 4 amide bonds. The van der Waals surface area contributed by atoms with Gasteiger partial charge in [0, 0.05) is 20.5 Å². The number of likely N-dealkylation sites (N-methyl/N-ethyl adjacent to an activating group) is 2. The van der Waals surface area contributed by atoms with Crippen molar-refractivity contribution in [3.8, 4) is 17.2 Å². The highest BCUT2D eigenvalue weighted by Crippen LogP contribution is 2.25. The van der Waals surface area contributed by atoms with Crippen LogP contribution in [0.3, 0.4) is 0 Å². The molecule has 0 saturated heterocycles. The number of methoxy groups -OCH3 is 1. The van der Waals surface area contributed by atoms with E-state index in [1.807, 2.05) is 42.5 Å². The second-order valence-electron chi connectivity index (χ2n) is 10.4. The monoisotopic (exact) mass is 602 g/mol. The third-order valence-corrected chi connectivity index (χ3v) is 7.23. The number of nitrogens with one attached hydrogen (secondary N) is 2. The Balaban J connectivity index is 1.55. The molecule has 0 saturated carbocycles. The highest BCUT2D eigenvalue weighted by molar-refractivity contribution is 6.01. The van der Waals surface area contributed by atoms with Crippen molar-refractivity contribution in [1.82, 2.24) is 20.4 Å². The largest absolute Gasteiger partial charge is 0.493 e. The zero-order valence-corrected chi connectivity index (χ0v) is 25.2. The number of ether oxygens (including phenoxy) is 3. The minimum absolute atomic E-state index is 0.121. The molecule has 4 rings (SSSR count). The zero-order valence-electron chi connectivity index (χ0n) is 25.2. The Morgan fingerprint density at radius 3 is 2.39 bits per heavy atom. The molecular weight excluding hydrogens is 564 g/mol. The molecule has 2 atom stereocenters. The molecule has 44 heavy (non-hydrogen) atoms. The maximum absolute atomic E-state index is 13.6. The van der Waals surface area contributed by atoms with Gasteiger partial charge in [0.2, 0.25) is 17.7 Å². The zero-order chi connectivity index (χ0) is 31.5.